The summed E-state index contributed by atoms with van der Waals surface area (Å²) >= 11 is 1.49. The molecule has 2 nitrogen and oxygen atoms in total. The maximum absolute atomic E-state index is 13.3. The van der Waals surface area contributed by atoms with E-state index in [1.807, 2.05) is 60.7 Å². The van der Waals surface area contributed by atoms with Crippen molar-refractivity contribution < 1.29 is 9.00 Å². The van der Waals surface area contributed by atoms with Crippen LogP contribution in [-0.2, 0) is 23.8 Å². The van der Waals surface area contributed by atoms with E-state index in [0.29, 0.717) is 6.42 Å². The molecule has 1 unspecified atom stereocenters. The summed E-state index contributed by atoms with van der Waals surface area (Å²) in [6.07, 6.45) is 0.294. The summed E-state index contributed by atoms with van der Waals surface area (Å²) in [7, 11) is -1.35. The molecular weight excluding hydrogens is 312 g/mol. The Morgan fingerprint density at radius 3 is 1.91 bits per heavy atom. The summed E-state index contributed by atoms with van der Waals surface area (Å²) in [5.74, 6) is 0.00448. The second-order valence-electron chi connectivity index (χ2n) is 5.54. The van der Waals surface area contributed by atoms with Crippen LogP contribution >= 0.6 is 11.8 Å². The second kappa shape index (κ2) is 4.67. The third kappa shape index (κ3) is 1.52. The summed E-state index contributed by atoms with van der Waals surface area (Å²) in [5, 5.41) is 0. The van der Waals surface area contributed by atoms with Crippen molar-refractivity contribution in [1.82, 2.24) is 0 Å². The molecule has 3 atom stereocenters. The van der Waals surface area contributed by atoms with E-state index in [1.54, 1.807) is 0 Å². The molecule has 3 aliphatic heterocycles. The van der Waals surface area contributed by atoms with Crippen LogP contribution in [0.1, 0.15) is 17.5 Å². The van der Waals surface area contributed by atoms with Gasteiger partial charge in [-0.1, -0.05) is 79.0 Å². The van der Waals surface area contributed by atoms with E-state index in [-0.39, 0.29) is 5.78 Å². The molecule has 3 heterocycles. The van der Waals surface area contributed by atoms with Crippen LogP contribution in [0.3, 0.4) is 0 Å². The van der Waals surface area contributed by atoms with Crippen LogP contribution in [0, 0.1) is 0 Å². The topological polar surface area (TPSA) is 34.1 Å². The van der Waals surface area contributed by atoms with Crippen molar-refractivity contribution in [2.24, 2.45) is 0 Å². The quantitative estimate of drug-likeness (QED) is 0.789. The molecule has 3 aliphatic rings. The smallest absolute Gasteiger partial charge is 0.178 e. The van der Waals surface area contributed by atoms with Gasteiger partial charge in [0.2, 0.25) is 0 Å². The van der Waals surface area contributed by atoms with E-state index in [0.717, 1.165) is 16.7 Å². The van der Waals surface area contributed by atoms with Crippen molar-refractivity contribution in [2.75, 3.05) is 0 Å². The van der Waals surface area contributed by atoms with E-state index >= 15 is 0 Å². The van der Waals surface area contributed by atoms with Crippen LogP contribution in [0.25, 0.3) is 0 Å². The molecule has 3 fully saturated rings. The maximum atomic E-state index is 13.3. The predicted molar refractivity (Wildman–Crippen MR) is 90.7 cm³/mol. The fourth-order valence-corrected chi connectivity index (χ4v) is 7.82. The largest absolute Gasteiger partial charge is 0.296 e. The molecule has 22 heavy (non-hydrogen) atoms. The van der Waals surface area contributed by atoms with Gasteiger partial charge >= 0.3 is 0 Å². The molecule has 0 N–H and O–H groups in total. The highest BCUT2D eigenvalue weighted by Crippen LogP contribution is 2.72. The third-order valence-corrected chi connectivity index (χ3v) is 9.33. The van der Waals surface area contributed by atoms with Crippen molar-refractivity contribution in [2.45, 2.75) is 14.6 Å². The molecule has 0 aromatic heterocycles. The van der Waals surface area contributed by atoms with Gasteiger partial charge in [0.15, 0.2) is 9.86 Å². The number of rotatable bonds is 2. The van der Waals surface area contributed by atoms with Crippen molar-refractivity contribution in [3.8, 4) is 0 Å². The minimum atomic E-state index is -1.35. The first-order valence-corrected chi connectivity index (χ1v) is 9.04. The Morgan fingerprint density at radius 1 is 0.909 bits per heavy atom. The molecule has 0 spiro atoms. The highest BCUT2D eigenvalue weighted by Gasteiger charge is 2.72. The number of ketones is 1. The zero-order valence-electron chi connectivity index (χ0n) is 11.8. The monoisotopic (exact) mass is 326 g/mol. The third-order valence-electron chi connectivity index (χ3n) is 4.32. The first-order valence-electron chi connectivity index (χ1n) is 7.07. The van der Waals surface area contributed by atoms with Crippen molar-refractivity contribution in [1.29, 1.82) is 0 Å². The van der Waals surface area contributed by atoms with Crippen molar-refractivity contribution in [3.63, 3.8) is 0 Å². The van der Waals surface area contributed by atoms with Gasteiger partial charge in [0.1, 0.15) is 4.08 Å². The first-order chi connectivity index (χ1) is 10.6. The lowest BCUT2D eigenvalue weighted by atomic mass is 9.95. The van der Waals surface area contributed by atoms with Gasteiger partial charge in [-0.2, -0.15) is 0 Å². The van der Waals surface area contributed by atoms with Gasteiger partial charge in [0.05, 0.1) is 10.8 Å². The standard InChI is InChI=1S/C18H14O2S2/c1-13-12-16(19)18(15-10-6-3-7-11-15)21-17(13,22(18)20)14-8-4-2-5-9-14/h2-11H,1,12H2/t17-,18-,22?/m1/s1. The highest BCUT2D eigenvalue weighted by molar-refractivity contribution is 8.29. The van der Waals surface area contributed by atoms with Crippen LogP contribution in [-0.4, -0.2) is 9.99 Å². The van der Waals surface area contributed by atoms with Crippen LogP contribution in [0.15, 0.2) is 72.8 Å². The SMILES string of the molecule is C=C1CC(=O)[C@]2(c3ccccc3)S[C@@]1(c1ccccc1)S2=O. The summed E-state index contributed by atoms with van der Waals surface area (Å²) < 4.78 is 11.7. The Balaban J connectivity index is 1.88. The number of hydrogen-bond donors (Lipinski definition) is 0. The normalized spacial score (nSPS) is 33.4. The van der Waals surface area contributed by atoms with Gasteiger partial charge in [-0.05, 0) is 16.7 Å². The fraction of sp³-hybridized carbons (Fsp3) is 0.167. The molecule has 2 aromatic carbocycles. The first kappa shape index (κ1) is 14.0. The Kier molecular flexibility index (Phi) is 2.97. The van der Waals surface area contributed by atoms with Crippen LogP contribution in [0.5, 0.6) is 0 Å². The van der Waals surface area contributed by atoms with Gasteiger partial charge in [-0.25, -0.2) is 0 Å². The van der Waals surface area contributed by atoms with Crippen molar-refractivity contribution >= 4 is 28.3 Å². The summed E-state index contributed by atoms with van der Waals surface area (Å²) in [5.41, 5.74) is 2.56. The number of thioether (sulfide) groups is 1. The molecule has 4 heteroatoms. The maximum Gasteiger partial charge on any atom is 0.178 e. The van der Waals surface area contributed by atoms with E-state index < -0.39 is 19.0 Å². The number of fused-ring (bicyclic) bond motifs is 2. The minimum absolute atomic E-state index is 0.00448. The highest BCUT2D eigenvalue weighted by atomic mass is 32.3. The zero-order chi connectivity index (χ0) is 15.4. The van der Waals surface area contributed by atoms with Gasteiger partial charge in [-0.15, -0.1) is 0 Å². The average molecular weight is 326 g/mol. The number of Topliss-reactive ketones (excluding diaryl/α,β-unsaturated/α-hetero) is 1. The molecule has 0 amide bonds. The Bertz CT molecular complexity index is 735. The molecule has 0 aliphatic carbocycles. The van der Waals surface area contributed by atoms with E-state index in [4.69, 9.17) is 0 Å². The molecule has 2 bridgehead atoms. The van der Waals surface area contributed by atoms with E-state index in [2.05, 4.69) is 6.58 Å². The summed E-state index contributed by atoms with van der Waals surface area (Å²) in [6.45, 7) is 4.07. The van der Waals surface area contributed by atoms with Gasteiger partial charge in [0, 0.05) is 6.42 Å². The molecule has 0 radical (unpaired) electrons. The molecular formula is C18H14O2S2. The summed E-state index contributed by atoms with van der Waals surface area (Å²) in [6, 6.07) is 19.2. The lowest BCUT2D eigenvalue weighted by molar-refractivity contribution is -0.119. The molecule has 110 valence electrons. The summed E-state index contributed by atoms with van der Waals surface area (Å²) in [4.78, 5) is 12.7. The molecule has 5 rings (SSSR count). The van der Waals surface area contributed by atoms with Crippen LogP contribution in [0.4, 0.5) is 0 Å². The van der Waals surface area contributed by atoms with E-state index in [1.165, 1.54) is 11.8 Å². The fourth-order valence-electron chi connectivity index (χ4n) is 3.25. The number of carbonyl (C=O) groups excluding carboxylic acids is 1. The Labute approximate surface area is 136 Å². The van der Waals surface area contributed by atoms with Gasteiger partial charge < -0.3 is 0 Å². The number of carbonyl (C=O) groups is 1. The Hall–Kier alpha value is -1.65. The van der Waals surface area contributed by atoms with Gasteiger partial charge in [-0.3, -0.25) is 9.00 Å². The minimum Gasteiger partial charge on any atom is -0.296 e. The number of hydrogen-bond acceptors (Lipinski definition) is 3. The van der Waals surface area contributed by atoms with Crippen LogP contribution in [0.2, 0.25) is 0 Å². The second-order valence-corrected chi connectivity index (χ2v) is 9.25. The zero-order valence-corrected chi connectivity index (χ0v) is 13.5. The lowest BCUT2D eigenvalue weighted by Gasteiger charge is -2.58. The Morgan fingerprint density at radius 2 is 1.41 bits per heavy atom. The molecule has 2 aromatic rings. The van der Waals surface area contributed by atoms with Crippen LogP contribution < -0.4 is 0 Å². The molecule has 0 saturated carbocycles. The molecule has 3 saturated heterocycles. The van der Waals surface area contributed by atoms with Gasteiger partial charge in [0.25, 0.3) is 0 Å². The van der Waals surface area contributed by atoms with E-state index in [9.17, 15) is 9.00 Å². The predicted octanol–water partition coefficient (Wildman–Crippen LogP) is 3.72. The van der Waals surface area contributed by atoms with Crippen molar-refractivity contribution in [3.05, 3.63) is 83.9 Å². The number of benzene rings is 2. The lowest BCUT2D eigenvalue weighted by Crippen LogP contribution is -2.61. The average Bonchev–Trinajstić information content (AvgIpc) is 2.55.